The summed E-state index contributed by atoms with van der Waals surface area (Å²) in [5, 5.41) is 6.83. The highest BCUT2D eigenvalue weighted by Gasteiger charge is 2.55. The van der Waals surface area contributed by atoms with Gasteiger partial charge in [0.05, 0.1) is 11.2 Å². The fraction of sp³-hybridized carbons (Fsp3) is 0.286. The Labute approximate surface area is 229 Å². The molecule has 0 aliphatic carbocycles. The Balaban J connectivity index is 1.61. The summed E-state index contributed by atoms with van der Waals surface area (Å²) in [4.78, 5) is 64.5. The molecule has 2 aliphatic heterocycles. The maximum absolute atomic E-state index is 13.1. The van der Waals surface area contributed by atoms with E-state index in [1.807, 2.05) is 0 Å². The number of hydrogen-bond acceptors (Lipinski definition) is 13. The van der Waals surface area contributed by atoms with Crippen LogP contribution in [0.15, 0.2) is 33.4 Å². The Morgan fingerprint density at radius 2 is 2.03 bits per heavy atom. The molecule has 2 aromatic rings. The Morgan fingerprint density at radius 3 is 2.62 bits per heavy atom. The normalized spacial score (nSPS) is 19.6. The second-order valence-electron chi connectivity index (χ2n) is 7.74. The van der Waals surface area contributed by atoms with Gasteiger partial charge >= 0.3 is 18.1 Å². The molecule has 0 saturated carbocycles. The van der Waals surface area contributed by atoms with Gasteiger partial charge in [-0.2, -0.15) is 13.2 Å². The minimum atomic E-state index is -5.43. The Hall–Kier alpha value is -3.77. The number of halogens is 3. The number of amides is 2. The first-order chi connectivity index (χ1) is 18.4. The maximum atomic E-state index is 13.1. The van der Waals surface area contributed by atoms with Crippen LogP contribution in [0.3, 0.4) is 0 Å². The topological polar surface area (TPSA) is 166 Å². The van der Waals surface area contributed by atoms with Gasteiger partial charge in [-0.15, -0.1) is 34.4 Å². The van der Waals surface area contributed by atoms with Crippen LogP contribution in [0.25, 0.3) is 6.08 Å². The van der Waals surface area contributed by atoms with Crippen molar-refractivity contribution in [1.29, 1.82) is 0 Å². The van der Waals surface area contributed by atoms with Gasteiger partial charge in [0.1, 0.15) is 29.9 Å². The first-order valence-corrected chi connectivity index (χ1v) is 13.5. The molecule has 206 valence electrons. The maximum Gasteiger partial charge on any atom is 0.491 e. The second kappa shape index (κ2) is 11.1. The number of carbonyl (C=O) groups excluding carboxylic acids is 4. The van der Waals surface area contributed by atoms with Crippen LogP contribution in [0.2, 0.25) is 0 Å². The van der Waals surface area contributed by atoms with Gasteiger partial charge in [-0.25, -0.2) is 19.6 Å². The third-order valence-corrected chi connectivity index (χ3v) is 8.15. The van der Waals surface area contributed by atoms with E-state index in [9.17, 15) is 32.3 Å². The van der Waals surface area contributed by atoms with Gasteiger partial charge in [-0.05, 0) is 18.6 Å². The van der Waals surface area contributed by atoms with Gasteiger partial charge in [-0.1, -0.05) is 11.2 Å². The number of rotatable bonds is 7. The lowest BCUT2D eigenvalue weighted by Crippen LogP contribution is -2.71. The van der Waals surface area contributed by atoms with Crippen LogP contribution in [-0.2, 0) is 28.8 Å². The number of nitrogen functional groups attached to an aromatic ring is 1. The molecule has 0 spiro atoms. The quantitative estimate of drug-likeness (QED) is 0.157. The highest BCUT2D eigenvalue weighted by molar-refractivity contribution is 8.00. The van der Waals surface area contributed by atoms with Crippen LogP contribution < -0.4 is 11.1 Å². The molecular weight excluding hydrogens is 585 g/mol. The molecule has 4 rings (SSSR count). The molecule has 2 atom stereocenters. The number of aromatic nitrogens is 2. The Morgan fingerprint density at radius 1 is 1.28 bits per heavy atom. The van der Waals surface area contributed by atoms with Crippen molar-refractivity contribution in [1.82, 2.24) is 20.2 Å². The number of allylic oxidation sites excluding steroid dienone is 1. The summed E-state index contributed by atoms with van der Waals surface area (Å²) in [5.41, 5.74) is 7.29. The standard InChI is InChI=1S/C21H17F3N6O6S3/c1-8-11(39-7-26-8)4-3-9-5-37-17-13(28-15(31)12(29-35-2)10-6-38-20(25)27-10)16(32)30(17)14(9)18(33)36-19(34)21(22,23)24/h3-4,6-7,13,17H,5H2,1-2H3,(H2,25,27)(H,28,31)/b4-3+,29-12+. The van der Waals surface area contributed by atoms with Crippen LogP contribution in [0.4, 0.5) is 18.3 Å². The number of fused-ring (bicyclic) bond motifs is 1. The molecule has 2 unspecified atom stereocenters. The van der Waals surface area contributed by atoms with E-state index in [-0.39, 0.29) is 27.9 Å². The summed E-state index contributed by atoms with van der Waals surface area (Å²) < 4.78 is 42.4. The lowest BCUT2D eigenvalue weighted by Gasteiger charge is -2.49. The first kappa shape index (κ1) is 28.2. The van der Waals surface area contributed by atoms with E-state index >= 15 is 0 Å². The van der Waals surface area contributed by atoms with E-state index in [2.05, 4.69) is 25.2 Å². The van der Waals surface area contributed by atoms with Gasteiger partial charge in [0, 0.05) is 16.0 Å². The lowest BCUT2D eigenvalue weighted by molar-refractivity contribution is -0.201. The average Bonchev–Trinajstić information content (AvgIpc) is 3.50. The lowest BCUT2D eigenvalue weighted by atomic mass is 10.0. The third-order valence-electron chi connectivity index (χ3n) is 5.28. The number of ether oxygens (including phenoxy) is 1. The predicted molar refractivity (Wildman–Crippen MR) is 135 cm³/mol. The zero-order chi connectivity index (χ0) is 28.5. The van der Waals surface area contributed by atoms with E-state index in [4.69, 9.17) is 10.6 Å². The van der Waals surface area contributed by atoms with Gasteiger partial charge in [-0.3, -0.25) is 14.5 Å². The van der Waals surface area contributed by atoms with Crippen molar-refractivity contribution in [3.05, 3.63) is 44.5 Å². The number of hydrogen-bond donors (Lipinski definition) is 2. The number of oxime groups is 1. The summed E-state index contributed by atoms with van der Waals surface area (Å²) >= 11 is 3.46. The zero-order valence-corrected chi connectivity index (χ0v) is 22.3. The Bertz CT molecular complexity index is 1430. The van der Waals surface area contributed by atoms with Gasteiger partial charge in [0.25, 0.3) is 11.8 Å². The number of nitrogens with zero attached hydrogens (tertiary/aromatic N) is 4. The molecule has 18 heteroatoms. The number of β-lactam (4-membered cyclic amide) rings is 1. The first-order valence-electron chi connectivity index (χ1n) is 10.6. The number of carbonyl (C=O) groups is 4. The molecule has 0 bridgehead atoms. The number of aryl methyl sites for hydroxylation is 1. The Kier molecular flexibility index (Phi) is 8.07. The van der Waals surface area contributed by atoms with E-state index in [0.717, 1.165) is 28.0 Å². The number of nitrogens with two attached hydrogens (primary N) is 1. The van der Waals surface area contributed by atoms with E-state index in [1.165, 1.54) is 29.9 Å². The summed E-state index contributed by atoms with van der Waals surface area (Å²) in [6.45, 7) is 1.74. The minimum absolute atomic E-state index is 0.0431. The SMILES string of the molecule is CO/N=C(/C(=O)NC1C(=O)N2C(C(=O)OC(=O)C(F)(F)F)=C(/C=C/c3scnc3C)CSC12)c1csc(N)n1. The van der Waals surface area contributed by atoms with Crippen molar-refractivity contribution in [2.45, 2.75) is 24.5 Å². The highest BCUT2D eigenvalue weighted by atomic mass is 32.2. The van der Waals surface area contributed by atoms with Crippen LogP contribution in [-0.4, -0.2) is 74.8 Å². The summed E-state index contributed by atoms with van der Waals surface area (Å²) in [6, 6.07) is -1.18. The molecule has 1 fully saturated rings. The third kappa shape index (κ3) is 5.81. The summed E-state index contributed by atoms with van der Waals surface area (Å²) in [7, 11) is 1.20. The van der Waals surface area contributed by atoms with E-state index in [0.29, 0.717) is 10.6 Å². The minimum Gasteiger partial charge on any atom is -0.398 e. The van der Waals surface area contributed by atoms with Crippen LogP contribution in [0.5, 0.6) is 0 Å². The number of esters is 2. The molecular formula is C21H17F3N6O6S3. The van der Waals surface area contributed by atoms with Gasteiger partial charge < -0.3 is 20.6 Å². The van der Waals surface area contributed by atoms with Crippen LogP contribution in [0.1, 0.15) is 16.3 Å². The number of anilines is 1. The number of alkyl halides is 3. The summed E-state index contributed by atoms with van der Waals surface area (Å²) in [5.74, 6) is -5.99. The average molecular weight is 603 g/mol. The van der Waals surface area contributed by atoms with E-state index < -0.39 is 47.0 Å². The predicted octanol–water partition coefficient (Wildman–Crippen LogP) is 1.84. The molecule has 2 aliphatic rings. The highest BCUT2D eigenvalue weighted by Crippen LogP contribution is 2.41. The smallest absolute Gasteiger partial charge is 0.398 e. The molecule has 12 nitrogen and oxygen atoms in total. The molecule has 39 heavy (non-hydrogen) atoms. The van der Waals surface area contributed by atoms with Gasteiger partial charge in [0.15, 0.2) is 10.8 Å². The molecule has 0 radical (unpaired) electrons. The van der Waals surface area contributed by atoms with Crippen molar-refractivity contribution < 1.29 is 41.9 Å². The molecule has 2 aromatic heterocycles. The van der Waals surface area contributed by atoms with Crippen molar-refractivity contribution in [2.24, 2.45) is 5.16 Å². The van der Waals surface area contributed by atoms with Crippen molar-refractivity contribution in [3.63, 3.8) is 0 Å². The fourth-order valence-corrected chi connectivity index (χ4v) is 6.06. The van der Waals surface area contributed by atoms with Gasteiger partial charge in [0.2, 0.25) is 0 Å². The molecule has 1 saturated heterocycles. The molecule has 2 amide bonds. The number of nitrogens with one attached hydrogen (secondary N) is 1. The fourth-order valence-electron chi connectivity index (χ4n) is 3.50. The van der Waals surface area contributed by atoms with E-state index in [1.54, 1.807) is 18.5 Å². The van der Waals surface area contributed by atoms with Crippen molar-refractivity contribution in [3.8, 4) is 0 Å². The summed E-state index contributed by atoms with van der Waals surface area (Å²) in [6.07, 6.45) is -2.41. The largest absolute Gasteiger partial charge is 0.491 e. The van der Waals surface area contributed by atoms with Crippen molar-refractivity contribution in [2.75, 3.05) is 18.6 Å². The monoisotopic (exact) mass is 602 g/mol. The zero-order valence-electron chi connectivity index (χ0n) is 19.8. The number of thiazole rings is 2. The van der Waals surface area contributed by atoms with Crippen LogP contribution in [0, 0.1) is 6.92 Å². The van der Waals surface area contributed by atoms with Crippen LogP contribution >= 0.6 is 34.4 Å². The molecule has 3 N–H and O–H groups in total. The second-order valence-corrected chi connectivity index (χ2v) is 10.6. The van der Waals surface area contributed by atoms with Crippen molar-refractivity contribution >= 4 is 75.1 Å². The molecule has 0 aromatic carbocycles. The molecule has 4 heterocycles. The number of thioether (sulfide) groups is 1.